The van der Waals surface area contributed by atoms with Crippen molar-refractivity contribution < 1.29 is 0 Å². The van der Waals surface area contributed by atoms with E-state index in [4.69, 9.17) is 33.0 Å². The van der Waals surface area contributed by atoms with Gasteiger partial charge in [0.25, 0.3) is 0 Å². The highest BCUT2D eigenvalue weighted by Gasteiger charge is 2.42. The van der Waals surface area contributed by atoms with Gasteiger partial charge in [-0.1, -0.05) is 30.2 Å². The molecule has 1 fully saturated rings. The first-order chi connectivity index (χ1) is 14.0. The van der Waals surface area contributed by atoms with Crippen LogP contribution in [0.15, 0.2) is 58.8 Å². The highest BCUT2D eigenvalue weighted by atomic mass is 35.5. The molecule has 0 radical (unpaired) electrons. The predicted octanol–water partition coefficient (Wildman–Crippen LogP) is 3.76. The van der Waals surface area contributed by atoms with Crippen molar-refractivity contribution >= 4 is 34.9 Å². The van der Waals surface area contributed by atoms with Crippen LogP contribution >= 0.6 is 11.6 Å². The lowest BCUT2D eigenvalue weighted by molar-refractivity contribution is 0.305. The van der Waals surface area contributed by atoms with E-state index in [2.05, 4.69) is 11.1 Å². The largest absolute Gasteiger partial charge is 0.369 e. The molecule has 148 valence electrons. The van der Waals surface area contributed by atoms with Crippen molar-refractivity contribution in [3.63, 3.8) is 0 Å². The Morgan fingerprint density at radius 3 is 2.66 bits per heavy atom. The van der Waals surface area contributed by atoms with E-state index in [9.17, 15) is 0 Å². The predicted molar refractivity (Wildman–Crippen MR) is 117 cm³/mol. The van der Waals surface area contributed by atoms with Crippen LogP contribution in [-0.2, 0) is 0 Å². The van der Waals surface area contributed by atoms with E-state index in [1.54, 1.807) is 0 Å². The summed E-state index contributed by atoms with van der Waals surface area (Å²) in [6.45, 7) is 0. The Morgan fingerprint density at radius 2 is 1.83 bits per heavy atom. The number of hydrogen-bond donors (Lipinski definition) is 2. The maximum Gasteiger partial charge on any atom is 0.220 e. The van der Waals surface area contributed by atoms with E-state index < -0.39 is 5.66 Å². The van der Waals surface area contributed by atoms with Gasteiger partial charge in [0.1, 0.15) is 11.3 Å². The van der Waals surface area contributed by atoms with Crippen LogP contribution in [0.4, 0.5) is 5.69 Å². The number of fused-ring (bicyclic) bond motifs is 1. The molecule has 0 unspecified atom stereocenters. The Labute approximate surface area is 173 Å². The molecule has 0 bridgehead atoms. The Balaban J connectivity index is 1.58. The fraction of sp³-hybridized carbons (Fsp3) is 0.286. The second-order valence-electron chi connectivity index (χ2n) is 7.61. The molecule has 1 saturated carbocycles. The lowest BCUT2D eigenvalue weighted by Crippen LogP contribution is -2.58. The second-order valence-corrected chi connectivity index (χ2v) is 8.04. The first-order valence-corrected chi connectivity index (χ1v) is 10.2. The van der Waals surface area contributed by atoms with Gasteiger partial charge in [0.2, 0.25) is 11.9 Å². The van der Waals surface area contributed by atoms with Gasteiger partial charge in [0.15, 0.2) is 0 Å². The Kier molecular flexibility index (Phi) is 4.20. The average molecular weight is 408 g/mol. The summed E-state index contributed by atoms with van der Waals surface area (Å²) >= 11 is 6.11. The molecule has 1 aromatic carbocycles. The highest BCUT2D eigenvalue weighted by Crippen LogP contribution is 2.40. The molecule has 0 amide bonds. The Bertz CT molecular complexity index is 1140. The van der Waals surface area contributed by atoms with E-state index >= 15 is 0 Å². The molecule has 4 N–H and O–H groups in total. The Morgan fingerprint density at radius 1 is 1.00 bits per heavy atom. The minimum atomic E-state index is -0.459. The van der Waals surface area contributed by atoms with Gasteiger partial charge < -0.3 is 15.9 Å². The number of pyridine rings is 1. The quantitative estimate of drug-likeness (QED) is 0.675. The van der Waals surface area contributed by atoms with Crippen molar-refractivity contribution in [1.29, 1.82) is 0 Å². The molecule has 0 saturated heterocycles. The maximum atomic E-state index is 6.35. The van der Waals surface area contributed by atoms with E-state index in [1.165, 1.54) is 6.42 Å². The zero-order chi connectivity index (χ0) is 20.0. The standard InChI is InChI=1S/C21H22ClN7/c22-15-7-8-18-25-17(13-28(18)12-15)14-5-4-6-16(11-14)29-20(24)26-19(23)27-21(29)9-2-1-3-10-21/h4-8,11-13H,1-3,9-10H2,(H4,23,24,26,27). The van der Waals surface area contributed by atoms with Crippen LogP contribution in [0, 0.1) is 0 Å². The molecule has 1 spiro atoms. The molecule has 3 heterocycles. The number of halogens is 1. The monoisotopic (exact) mass is 407 g/mol. The van der Waals surface area contributed by atoms with Gasteiger partial charge in [0, 0.05) is 23.6 Å². The summed E-state index contributed by atoms with van der Waals surface area (Å²) in [6.07, 6.45) is 9.01. The molecular formula is C21H22ClN7. The summed E-state index contributed by atoms with van der Waals surface area (Å²) in [4.78, 5) is 15.8. The third-order valence-electron chi connectivity index (χ3n) is 5.67. The molecule has 5 rings (SSSR count). The minimum absolute atomic E-state index is 0.258. The van der Waals surface area contributed by atoms with Crippen molar-refractivity contribution in [2.75, 3.05) is 4.90 Å². The van der Waals surface area contributed by atoms with Gasteiger partial charge >= 0.3 is 0 Å². The zero-order valence-electron chi connectivity index (χ0n) is 15.9. The van der Waals surface area contributed by atoms with Gasteiger partial charge in [-0.25, -0.2) is 9.98 Å². The van der Waals surface area contributed by atoms with Gasteiger partial charge in [-0.2, -0.15) is 4.99 Å². The normalized spacial score (nSPS) is 18.7. The number of rotatable bonds is 2. The smallest absolute Gasteiger partial charge is 0.220 e. The summed E-state index contributed by atoms with van der Waals surface area (Å²) in [6, 6.07) is 11.9. The molecule has 7 nitrogen and oxygen atoms in total. The molecule has 29 heavy (non-hydrogen) atoms. The van der Waals surface area contributed by atoms with Gasteiger partial charge in [-0.3, -0.25) is 4.90 Å². The number of benzene rings is 1. The lowest BCUT2D eigenvalue weighted by atomic mass is 9.87. The summed E-state index contributed by atoms with van der Waals surface area (Å²) < 4.78 is 1.93. The van der Waals surface area contributed by atoms with Crippen LogP contribution in [0.3, 0.4) is 0 Å². The summed E-state index contributed by atoms with van der Waals surface area (Å²) in [5.41, 5.74) is 15.5. The second kappa shape index (κ2) is 6.77. The summed E-state index contributed by atoms with van der Waals surface area (Å²) in [5.74, 6) is 0.646. The van der Waals surface area contributed by atoms with Crippen molar-refractivity contribution in [3.05, 3.63) is 53.8 Å². The van der Waals surface area contributed by atoms with Crippen LogP contribution in [0.2, 0.25) is 5.02 Å². The van der Waals surface area contributed by atoms with Crippen molar-refractivity contribution in [3.8, 4) is 11.3 Å². The number of imidazole rings is 1. The zero-order valence-corrected chi connectivity index (χ0v) is 16.7. The highest BCUT2D eigenvalue weighted by molar-refractivity contribution is 6.30. The fourth-order valence-corrected chi connectivity index (χ4v) is 4.57. The van der Waals surface area contributed by atoms with Gasteiger partial charge in [0.05, 0.1) is 10.7 Å². The van der Waals surface area contributed by atoms with Crippen LogP contribution in [0.1, 0.15) is 32.1 Å². The van der Waals surface area contributed by atoms with E-state index in [0.29, 0.717) is 11.0 Å². The third-order valence-corrected chi connectivity index (χ3v) is 5.89. The van der Waals surface area contributed by atoms with Crippen molar-refractivity contribution in [2.24, 2.45) is 21.5 Å². The molecular weight excluding hydrogens is 386 g/mol. The van der Waals surface area contributed by atoms with Crippen LogP contribution in [0.25, 0.3) is 16.9 Å². The Hall–Kier alpha value is -3.06. The molecule has 3 aromatic rings. The molecule has 1 aliphatic carbocycles. The lowest BCUT2D eigenvalue weighted by Gasteiger charge is -2.45. The van der Waals surface area contributed by atoms with E-state index in [0.717, 1.165) is 48.3 Å². The van der Waals surface area contributed by atoms with Crippen LogP contribution < -0.4 is 16.4 Å². The topological polar surface area (TPSA) is 97.3 Å². The van der Waals surface area contributed by atoms with Crippen molar-refractivity contribution in [1.82, 2.24) is 9.38 Å². The maximum absolute atomic E-state index is 6.35. The minimum Gasteiger partial charge on any atom is -0.369 e. The van der Waals surface area contributed by atoms with Gasteiger partial charge in [-0.05, 0) is 49.9 Å². The third kappa shape index (κ3) is 3.11. The van der Waals surface area contributed by atoms with Crippen LogP contribution in [-0.4, -0.2) is 27.0 Å². The van der Waals surface area contributed by atoms with Gasteiger partial charge in [-0.15, -0.1) is 0 Å². The first-order valence-electron chi connectivity index (χ1n) is 9.79. The number of hydrogen-bond acceptors (Lipinski definition) is 6. The number of nitrogens with two attached hydrogens (primary N) is 2. The first kappa shape index (κ1) is 18.0. The molecule has 1 aliphatic heterocycles. The van der Waals surface area contributed by atoms with Crippen molar-refractivity contribution in [2.45, 2.75) is 37.8 Å². The van der Waals surface area contributed by atoms with E-state index in [-0.39, 0.29) is 5.96 Å². The fourth-order valence-electron chi connectivity index (χ4n) is 4.40. The summed E-state index contributed by atoms with van der Waals surface area (Å²) in [7, 11) is 0. The molecule has 2 aromatic heterocycles. The number of guanidine groups is 2. The average Bonchev–Trinajstić information content (AvgIpc) is 3.11. The summed E-state index contributed by atoms with van der Waals surface area (Å²) in [5, 5.41) is 0.669. The molecule has 2 aliphatic rings. The number of aromatic nitrogens is 2. The van der Waals surface area contributed by atoms with Crippen LogP contribution in [0.5, 0.6) is 0 Å². The van der Waals surface area contributed by atoms with E-state index in [1.807, 2.05) is 52.0 Å². The molecule has 8 heteroatoms. The number of nitrogens with zero attached hydrogens (tertiary/aromatic N) is 5. The number of anilines is 1. The molecule has 0 atom stereocenters. The number of aliphatic imine (C=N–C) groups is 2. The SMILES string of the molecule is NC1=NC2(CCCCC2)N(c2cccc(-c3cn4cc(Cl)ccc4n3)c2)C(N)=N1.